The molecule has 0 bridgehead atoms. The number of rotatable bonds is 7. The number of para-hydroxylation sites is 2. The molecular formula is C43H38BF10IrN2-. The van der Waals surface area contributed by atoms with Crippen LogP contribution in [0.25, 0.3) is 11.0 Å². The van der Waals surface area contributed by atoms with Gasteiger partial charge in [-0.05, 0) is 44.7 Å². The molecule has 0 saturated heterocycles. The van der Waals surface area contributed by atoms with E-state index in [2.05, 4.69) is 43.4 Å². The van der Waals surface area contributed by atoms with Crippen molar-refractivity contribution in [1.29, 1.82) is 0 Å². The van der Waals surface area contributed by atoms with Gasteiger partial charge in [0.25, 0.3) is 6.28 Å². The first-order valence-corrected chi connectivity index (χ1v) is 18.0. The first-order chi connectivity index (χ1) is 26.8. The average Bonchev–Trinajstić information content (AvgIpc) is 3.83. The Morgan fingerprint density at radius 2 is 1.04 bits per heavy atom. The second kappa shape index (κ2) is 20.1. The fourth-order valence-electron chi connectivity index (χ4n) is 7.15. The summed E-state index contributed by atoms with van der Waals surface area (Å²) in [5, 5.41) is 0. The van der Waals surface area contributed by atoms with Crippen LogP contribution in [0.3, 0.4) is 0 Å². The van der Waals surface area contributed by atoms with Crippen LogP contribution in [0.15, 0.2) is 109 Å². The van der Waals surface area contributed by atoms with E-state index in [4.69, 9.17) is 0 Å². The SMILES string of the molecule is C1=C\CC/C=C\CC/1.Cc1ccccc1.Cn1c[n+]([B-](CCCc2cc[cH-]c2)(c2c(F)c(F)c(F)c(F)c2F)c2c(F)c(F)c(F)c(F)c2F)c2ccccc21.[Ir]. The van der Waals surface area contributed by atoms with Crippen LogP contribution in [0, 0.1) is 65.1 Å². The van der Waals surface area contributed by atoms with Gasteiger partial charge in [-0.2, -0.15) is 23.8 Å². The molecule has 0 atom stereocenters. The molecule has 0 aliphatic heterocycles. The van der Waals surface area contributed by atoms with Crippen molar-refractivity contribution in [1.82, 2.24) is 4.57 Å². The smallest absolute Gasteiger partial charge is 0.256 e. The van der Waals surface area contributed by atoms with Crippen LogP contribution in [0.5, 0.6) is 0 Å². The van der Waals surface area contributed by atoms with Crippen molar-refractivity contribution in [2.24, 2.45) is 7.05 Å². The minimum Gasteiger partial charge on any atom is -0.419 e. The van der Waals surface area contributed by atoms with E-state index in [1.54, 1.807) is 24.3 Å². The first kappa shape index (κ1) is 44.9. The Kier molecular flexibility index (Phi) is 15.8. The summed E-state index contributed by atoms with van der Waals surface area (Å²) in [6.07, 6.45) is 9.93. The van der Waals surface area contributed by atoms with Crippen molar-refractivity contribution in [2.45, 2.75) is 51.8 Å². The van der Waals surface area contributed by atoms with Crippen LogP contribution >= 0.6 is 0 Å². The molecule has 5 aromatic carbocycles. The van der Waals surface area contributed by atoms with Crippen LogP contribution in [0.4, 0.5) is 43.9 Å². The number of hydrogen-bond acceptors (Lipinski definition) is 0. The molecule has 1 heterocycles. The van der Waals surface area contributed by atoms with Gasteiger partial charge in [0, 0.05) is 20.1 Å². The van der Waals surface area contributed by atoms with Crippen molar-refractivity contribution in [3.8, 4) is 0 Å². The fraction of sp³-hybridized carbons (Fsp3) is 0.209. The van der Waals surface area contributed by atoms with Gasteiger partial charge in [0.05, 0.1) is 7.05 Å². The largest absolute Gasteiger partial charge is 0.419 e. The molecule has 0 unspecified atom stereocenters. The van der Waals surface area contributed by atoms with Gasteiger partial charge in [0.1, 0.15) is 28.8 Å². The van der Waals surface area contributed by atoms with Gasteiger partial charge in [0.2, 0.25) is 0 Å². The summed E-state index contributed by atoms with van der Waals surface area (Å²) < 4.78 is 152. The van der Waals surface area contributed by atoms with Crippen LogP contribution in [0.1, 0.15) is 43.2 Å². The van der Waals surface area contributed by atoms with Crippen LogP contribution in [-0.2, 0) is 33.6 Å². The molecule has 1 aromatic heterocycles. The van der Waals surface area contributed by atoms with Gasteiger partial charge < -0.3 is 4.48 Å². The summed E-state index contributed by atoms with van der Waals surface area (Å²) in [5.41, 5.74) is -1.23. The zero-order valence-electron chi connectivity index (χ0n) is 30.9. The van der Waals surface area contributed by atoms with E-state index in [9.17, 15) is 26.3 Å². The van der Waals surface area contributed by atoms with Crippen LogP contribution in [0.2, 0.25) is 6.32 Å². The second-order valence-corrected chi connectivity index (χ2v) is 13.5. The minimum absolute atomic E-state index is 0. The number of allylic oxidation sites excluding steroid dienone is 4. The summed E-state index contributed by atoms with van der Waals surface area (Å²) in [6.45, 7) is 2.08. The average molecular weight is 976 g/mol. The molecule has 0 spiro atoms. The van der Waals surface area contributed by atoms with E-state index >= 15 is 17.6 Å². The quantitative estimate of drug-likeness (QED) is 0.0377. The van der Waals surface area contributed by atoms with Crippen molar-refractivity contribution >= 4 is 28.2 Å². The third-order valence-corrected chi connectivity index (χ3v) is 9.85. The number of benzene rings is 4. The molecule has 6 aromatic rings. The zero-order valence-corrected chi connectivity index (χ0v) is 33.3. The minimum atomic E-state index is -4.19. The van der Waals surface area contributed by atoms with Gasteiger partial charge >= 0.3 is 0 Å². The molecule has 1 radical (unpaired) electrons. The Morgan fingerprint density at radius 1 is 0.596 bits per heavy atom. The van der Waals surface area contributed by atoms with E-state index < -0.39 is 81.7 Å². The van der Waals surface area contributed by atoms with Crippen molar-refractivity contribution in [3.63, 3.8) is 0 Å². The fourth-order valence-corrected chi connectivity index (χ4v) is 7.15. The molecule has 57 heavy (non-hydrogen) atoms. The Bertz CT molecular complexity index is 2190. The third-order valence-electron chi connectivity index (χ3n) is 9.85. The maximum Gasteiger partial charge on any atom is 0.256 e. The van der Waals surface area contributed by atoms with E-state index in [0.717, 1.165) is 10.8 Å². The van der Waals surface area contributed by atoms with Crippen molar-refractivity contribution < 1.29 is 68.5 Å². The summed E-state index contributed by atoms with van der Waals surface area (Å²) in [5.74, 6) is -24.7. The van der Waals surface area contributed by atoms with E-state index in [1.807, 2.05) is 18.2 Å². The molecule has 0 amide bonds. The van der Waals surface area contributed by atoms with Crippen LogP contribution < -0.4 is 15.4 Å². The summed E-state index contributed by atoms with van der Waals surface area (Å²) in [7, 11) is 1.42. The van der Waals surface area contributed by atoms with Crippen LogP contribution in [-0.4, -0.2) is 10.8 Å². The van der Waals surface area contributed by atoms with E-state index in [0.29, 0.717) is 5.56 Å². The van der Waals surface area contributed by atoms with Gasteiger partial charge in [-0.25, -0.2) is 54.5 Å². The van der Waals surface area contributed by atoms with Crippen molar-refractivity contribution in [2.75, 3.05) is 0 Å². The molecule has 0 saturated carbocycles. The number of aromatic nitrogens is 2. The molecule has 303 valence electrons. The predicted octanol–water partition coefficient (Wildman–Crippen LogP) is 10.5. The Morgan fingerprint density at radius 3 is 1.46 bits per heavy atom. The number of nitrogens with zero attached hydrogens (tertiary/aromatic N) is 2. The van der Waals surface area contributed by atoms with E-state index in [1.165, 1.54) is 67.1 Å². The predicted molar refractivity (Wildman–Crippen MR) is 199 cm³/mol. The number of hydrogen-bond donors (Lipinski definition) is 0. The molecule has 2 nitrogen and oxygen atoms in total. The molecular weight excluding hydrogens is 937 g/mol. The molecule has 0 fully saturated rings. The van der Waals surface area contributed by atoms with Gasteiger partial charge in [-0.3, -0.25) is 0 Å². The summed E-state index contributed by atoms with van der Waals surface area (Å²) in [6, 6.07) is 22.6. The zero-order chi connectivity index (χ0) is 40.6. The number of aryl methyl sites for hydroxylation is 3. The second-order valence-electron chi connectivity index (χ2n) is 13.5. The topological polar surface area (TPSA) is 8.81 Å². The maximum absolute atomic E-state index is 15.7. The summed E-state index contributed by atoms with van der Waals surface area (Å²) in [4.78, 5) is 0. The number of fused-ring (bicyclic) bond motifs is 1. The number of halogens is 10. The maximum atomic E-state index is 15.7. The molecule has 0 N–H and O–H groups in total. The molecule has 14 heteroatoms. The number of imidazole rings is 1. The monoisotopic (exact) mass is 976 g/mol. The van der Waals surface area contributed by atoms with Gasteiger partial charge in [-0.15, -0.1) is 6.32 Å². The first-order valence-electron chi connectivity index (χ1n) is 18.0. The Labute approximate surface area is 337 Å². The summed E-state index contributed by atoms with van der Waals surface area (Å²) >= 11 is 0. The molecule has 1 aliphatic rings. The Hall–Kier alpha value is -4.81. The van der Waals surface area contributed by atoms with Gasteiger partial charge in [0.15, 0.2) is 46.7 Å². The van der Waals surface area contributed by atoms with E-state index in [-0.39, 0.29) is 44.0 Å². The standard InChI is InChI=1S/C28H18BF10N2.C8H12.C7H8.Ir/c1-40-13-41(16-11-5-4-10-15(16)40)29(12-6-9-14-7-2-3-8-14,17-19(30)23(34)27(38)24(35)20(17)31)18-21(32)25(36)28(39)26(37)22(18)33;1-2-4-6-8-7-5-3-1;1-7-5-3-2-4-6-7;/h2-5,7-8,10-11,13H,6,9,12H2,1H3;1-2,7-8H,3-6H2;2-6H,1H3;/q-1;;;/b;2-1-,8-7-;;. The third kappa shape index (κ3) is 9.50. The van der Waals surface area contributed by atoms with Gasteiger partial charge in [-0.1, -0.05) is 96.1 Å². The molecule has 1 aliphatic carbocycles. The Balaban J connectivity index is 0.000000374. The molecule has 7 rings (SSSR count). The van der Waals surface area contributed by atoms with Crippen molar-refractivity contribution in [3.05, 3.63) is 179 Å². The normalized spacial score (nSPS) is 13.7.